The van der Waals surface area contributed by atoms with Crippen LogP contribution < -0.4 is 21.1 Å². The lowest BCUT2D eigenvalue weighted by atomic mass is 9.83. The Balaban J connectivity index is 1.52. The second-order valence-electron chi connectivity index (χ2n) is 8.11. The average Bonchev–Trinajstić information content (AvgIpc) is 2.89. The quantitative estimate of drug-likeness (QED) is 0.442. The lowest BCUT2D eigenvalue weighted by molar-refractivity contribution is -0.111. The number of aliphatic imine (C=N–C) groups is 1. The Morgan fingerprint density at radius 3 is 2.81 bits per heavy atom. The summed E-state index contributed by atoms with van der Waals surface area (Å²) in [5, 5.41) is 5.95. The van der Waals surface area contributed by atoms with E-state index in [9.17, 15) is 4.79 Å². The number of allylic oxidation sites excluding steroid dienone is 2. The number of anilines is 1. The number of nitrogens with zero attached hydrogens (tertiary/aromatic N) is 2. The number of amides is 1. The molecule has 2 heterocycles. The summed E-state index contributed by atoms with van der Waals surface area (Å²) in [6.07, 6.45) is 8.26. The number of carbonyl (C=O) groups excluding carboxylic acids is 1. The van der Waals surface area contributed by atoms with E-state index in [4.69, 9.17) is 10.5 Å². The molecule has 4 N–H and O–H groups in total. The highest BCUT2D eigenvalue weighted by atomic mass is 19.1. The summed E-state index contributed by atoms with van der Waals surface area (Å²) in [5.41, 5.74) is 10.1. The predicted octanol–water partition coefficient (Wildman–Crippen LogP) is 4.79. The van der Waals surface area contributed by atoms with E-state index in [0.29, 0.717) is 28.5 Å². The summed E-state index contributed by atoms with van der Waals surface area (Å²) in [7, 11) is 0. The van der Waals surface area contributed by atoms with Crippen LogP contribution in [-0.4, -0.2) is 22.9 Å². The third-order valence-corrected chi connectivity index (χ3v) is 5.68. The summed E-state index contributed by atoms with van der Waals surface area (Å²) in [6.45, 7) is 3.49. The van der Waals surface area contributed by atoms with Gasteiger partial charge in [0.1, 0.15) is 11.6 Å². The van der Waals surface area contributed by atoms with Gasteiger partial charge in [0.05, 0.1) is 6.04 Å². The monoisotopic (exact) mass is 479 g/mol. The van der Waals surface area contributed by atoms with Gasteiger partial charge in [-0.2, -0.15) is 0 Å². The van der Waals surface area contributed by atoms with Gasteiger partial charge in [0.15, 0.2) is 5.96 Å². The van der Waals surface area contributed by atoms with Gasteiger partial charge in [-0.15, -0.1) is 0 Å². The maximum atomic E-state index is 15.3. The molecule has 36 heavy (non-hydrogen) atoms. The van der Waals surface area contributed by atoms with Gasteiger partial charge in [0.25, 0.3) is 0 Å². The topological polar surface area (TPSA) is 102 Å². The van der Waals surface area contributed by atoms with Crippen molar-refractivity contribution in [2.75, 3.05) is 5.32 Å². The van der Waals surface area contributed by atoms with Crippen LogP contribution >= 0.6 is 0 Å². The zero-order chi connectivity index (χ0) is 25.1. The number of ether oxygens (including phenoxy) is 1. The Bertz CT molecular complexity index is 1470. The Morgan fingerprint density at radius 2 is 2.03 bits per heavy atom. The lowest BCUT2D eigenvalue weighted by Gasteiger charge is -2.30. The van der Waals surface area contributed by atoms with Crippen LogP contribution in [0, 0.1) is 5.82 Å². The molecular formula is C28H22FN5O2. The molecule has 2 aliphatic rings. The number of nitrogens with two attached hydrogens (primary N) is 1. The first kappa shape index (κ1) is 22.8. The number of nitrogens with one attached hydrogen (secondary N) is 2. The maximum absolute atomic E-state index is 15.3. The Labute approximate surface area is 207 Å². The first-order chi connectivity index (χ1) is 17.5. The van der Waals surface area contributed by atoms with E-state index in [1.165, 1.54) is 12.1 Å². The van der Waals surface area contributed by atoms with E-state index in [0.717, 1.165) is 16.7 Å². The lowest BCUT2D eigenvalue weighted by Crippen LogP contribution is -2.44. The smallest absolute Gasteiger partial charge is 0.247 e. The van der Waals surface area contributed by atoms with Crippen LogP contribution in [0.4, 0.5) is 10.1 Å². The molecule has 0 saturated heterocycles. The molecule has 0 bridgehead atoms. The third kappa shape index (κ3) is 4.78. The molecule has 2 aromatic carbocycles. The number of guanidine groups is 1. The molecule has 0 spiro atoms. The van der Waals surface area contributed by atoms with Crippen molar-refractivity contribution < 1.29 is 13.9 Å². The fraction of sp³-hybridized carbons (Fsp3) is 0.0357. The number of halogens is 1. The third-order valence-electron chi connectivity index (χ3n) is 5.68. The van der Waals surface area contributed by atoms with Crippen molar-refractivity contribution in [2.45, 2.75) is 6.04 Å². The molecule has 1 amide bonds. The van der Waals surface area contributed by atoms with Gasteiger partial charge in [0, 0.05) is 35.8 Å². The minimum absolute atomic E-state index is 0.282. The van der Waals surface area contributed by atoms with Crippen molar-refractivity contribution in [1.29, 1.82) is 0 Å². The predicted molar refractivity (Wildman–Crippen MR) is 139 cm³/mol. The molecule has 1 unspecified atom stereocenters. The van der Waals surface area contributed by atoms with E-state index in [1.807, 2.05) is 30.4 Å². The number of rotatable bonds is 6. The van der Waals surface area contributed by atoms with Gasteiger partial charge in [-0.25, -0.2) is 14.4 Å². The van der Waals surface area contributed by atoms with E-state index in [2.05, 4.69) is 27.2 Å². The number of hydrogen-bond acceptors (Lipinski definition) is 6. The molecule has 1 aliphatic heterocycles. The van der Waals surface area contributed by atoms with Crippen molar-refractivity contribution in [3.8, 4) is 11.6 Å². The Hall–Kier alpha value is -4.98. The Morgan fingerprint density at radius 1 is 1.14 bits per heavy atom. The average molecular weight is 480 g/mol. The van der Waals surface area contributed by atoms with Crippen LogP contribution in [0.5, 0.6) is 11.6 Å². The summed E-state index contributed by atoms with van der Waals surface area (Å²) in [6, 6.07) is 17.1. The molecule has 1 atom stereocenters. The van der Waals surface area contributed by atoms with E-state index < -0.39 is 5.82 Å². The molecule has 0 radical (unpaired) electrons. The number of pyridine rings is 1. The summed E-state index contributed by atoms with van der Waals surface area (Å²) >= 11 is 0. The fourth-order valence-electron chi connectivity index (χ4n) is 4.03. The first-order valence-electron chi connectivity index (χ1n) is 11.2. The van der Waals surface area contributed by atoms with Crippen LogP contribution in [0.2, 0.25) is 0 Å². The molecule has 0 fully saturated rings. The SMILES string of the molecule is C=CC(=O)Nc1cccc(C2=CC(c3ccc(Oc4ccccn4)cc3F)=CC3=CN=C(N)NC32)c1. The number of hydrogen-bond donors (Lipinski definition) is 3. The molecule has 8 heteroatoms. The minimum Gasteiger partial charge on any atom is -0.439 e. The zero-order valence-corrected chi connectivity index (χ0v) is 19.1. The standard InChI is InChI=1S/C28H22FN5O2/c1-2-25(35)33-20-7-5-6-17(13-20)23-14-18(12-19-16-32-28(30)34-27(19)23)22-10-9-21(15-24(22)29)36-26-8-3-4-11-31-26/h2-16,27H,1H2,(H,33,35)(H3,30,32,34). The summed E-state index contributed by atoms with van der Waals surface area (Å²) in [5.74, 6) is 0.250. The largest absolute Gasteiger partial charge is 0.439 e. The normalized spacial score (nSPS) is 16.3. The number of fused-ring (bicyclic) bond motifs is 1. The van der Waals surface area contributed by atoms with Crippen molar-refractivity contribution in [3.05, 3.63) is 120 Å². The molecule has 178 valence electrons. The molecule has 7 nitrogen and oxygen atoms in total. The maximum Gasteiger partial charge on any atom is 0.247 e. The fourth-order valence-corrected chi connectivity index (χ4v) is 4.03. The molecule has 0 saturated carbocycles. The van der Waals surface area contributed by atoms with E-state index in [-0.39, 0.29) is 17.9 Å². The van der Waals surface area contributed by atoms with Gasteiger partial charge in [-0.05, 0) is 70.8 Å². The highest BCUT2D eigenvalue weighted by Crippen LogP contribution is 2.37. The van der Waals surface area contributed by atoms with Crippen LogP contribution in [0.3, 0.4) is 0 Å². The molecule has 3 aromatic rings. The molecule has 1 aromatic heterocycles. The second-order valence-corrected chi connectivity index (χ2v) is 8.11. The molecule has 1 aliphatic carbocycles. The number of benzene rings is 2. The van der Waals surface area contributed by atoms with Crippen molar-refractivity contribution in [1.82, 2.24) is 10.3 Å². The Kier molecular flexibility index (Phi) is 6.15. The van der Waals surface area contributed by atoms with Crippen LogP contribution in [-0.2, 0) is 4.79 Å². The highest BCUT2D eigenvalue weighted by Gasteiger charge is 2.27. The van der Waals surface area contributed by atoms with Crippen molar-refractivity contribution in [2.24, 2.45) is 10.7 Å². The second kappa shape index (κ2) is 9.71. The van der Waals surface area contributed by atoms with Gasteiger partial charge in [-0.3, -0.25) is 4.79 Å². The van der Waals surface area contributed by atoms with E-state index in [1.54, 1.807) is 48.8 Å². The van der Waals surface area contributed by atoms with Crippen molar-refractivity contribution >= 4 is 28.7 Å². The molecule has 5 rings (SSSR count). The highest BCUT2D eigenvalue weighted by molar-refractivity contribution is 6.00. The number of carbonyl (C=O) groups is 1. The zero-order valence-electron chi connectivity index (χ0n) is 19.1. The van der Waals surface area contributed by atoms with Gasteiger partial charge >= 0.3 is 0 Å². The van der Waals surface area contributed by atoms with Gasteiger partial charge in [0.2, 0.25) is 11.8 Å². The first-order valence-corrected chi connectivity index (χ1v) is 11.2. The molecular weight excluding hydrogens is 457 g/mol. The van der Waals surface area contributed by atoms with Crippen LogP contribution in [0.15, 0.2) is 108 Å². The van der Waals surface area contributed by atoms with Gasteiger partial charge in [-0.1, -0.05) is 24.8 Å². The summed E-state index contributed by atoms with van der Waals surface area (Å²) in [4.78, 5) is 20.1. The number of aromatic nitrogens is 1. The van der Waals surface area contributed by atoms with Crippen molar-refractivity contribution in [3.63, 3.8) is 0 Å². The van der Waals surface area contributed by atoms with E-state index >= 15 is 4.39 Å². The summed E-state index contributed by atoms with van der Waals surface area (Å²) < 4.78 is 21.0. The van der Waals surface area contributed by atoms with Gasteiger partial charge < -0.3 is 21.1 Å². The minimum atomic E-state index is -0.442. The van der Waals surface area contributed by atoms with Crippen LogP contribution in [0.25, 0.3) is 11.1 Å². The van der Waals surface area contributed by atoms with Crippen LogP contribution in [0.1, 0.15) is 11.1 Å².